The van der Waals surface area contributed by atoms with Gasteiger partial charge in [0.2, 0.25) is 0 Å². The summed E-state index contributed by atoms with van der Waals surface area (Å²) in [4.78, 5) is 52.5. The number of aliphatic hydroxyl groups is 3. The molecule has 3 aliphatic rings. The Morgan fingerprint density at radius 3 is 2.29 bits per heavy atom. The van der Waals surface area contributed by atoms with E-state index in [9.17, 15) is 34.5 Å². The summed E-state index contributed by atoms with van der Waals surface area (Å²) in [5, 5.41) is 34.6. The zero-order chi connectivity index (χ0) is 43.3. The summed E-state index contributed by atoms with van der Waals surface area (Å²) in [5.41, 5.74) is -1.49. The Kier molecular flexibility index (Phi) is 19.9. The van der Waals surface area contributed by atoms with Crippen molar-refractivity contribution in [2.45, 2.75) is 185 Å². The number of ether oxygens (including phenoxy) is 8. The van der Waals surface area contributed by atoms with Crippen molar-refractivity contribution in [3.05, 3.63) is 24.3 Å². The predicted molar refractivity (Wildman–Crippen MR) is 210 cm³/mol. The standard InChI is InChI=1S/C42H69NO15/c1-11-16-32(47)56-40-27(6)53-34(23-42(40,7)50)57-37-26(5)54-41(36(49)35(37)43(8)9)58-38-28(19-20-44)21-24(3)29(45)18-15-13-14-17-25(4)52-33(48)22-30(39(38)51-10)55-31(46)12-2/h13-15,18,20,24-30,34-41,45,49-50H,11-12,16-17,19,21-23H2,1-10H3/b14-13+,18-15+/t24-,25-,26?,27?,28+,29+,30-,34?,35?,36?,37?,38+,39+,40?,41?,42?/m1/s1. The summed E-state index contributed by atoms with van der Waals surface area (Å²) in [6.07, 6.45) is -3.41. The molecule has 9 unspecified atom stereocenters. The molecule has 2 fully saturated rings. The van der Waals surface area contributed by atoms with E-state index in [-0.39, 0.29) is 32.1 Å². The Labute approximate surface area is 343 Å². The molecule has 16 heteroatoms. The van der Waals surface area contributed by atoms with Crippen molar-refractivity contribution < 1.29 is 72.4 Å². The number of allylic oxidation sites excluding steroid dienone is 2. The average Bonchev–Trinajstić information content (AvgIpc) is 3.13. The molecule has 3 aliphatic heterocycles. The van der Waals surface area contributed by atoms with E-state index in [2.05, 4.69) is 0 Å². The minimum atomic E-state index is -1.49. The van der Waals surface area contributed by atoms with Crippen LogP contribution in [-0.2, 0) is 57.1 Å². The van der Waals surface area contributed by atoms with Gasteiger partial charge in [-0.3, -0.25) is 14.4 Å². The number of carbonyl (C=O) groups is 4. The van der Waals surface area contributed by atoms with E-state index in [4.69, 9.17) is 37.9 Å². The molecular weight excluding hydrogens is 758 g/mol. The first-order valence-electron chi connectivity index (χ1n) is 20.6. The number of esters is 3. The molecular formula is C42H69NO15. The van der Waals surface area contributed by atoms with Crippen molar-refractivity contribution in [1.82, 2.24) is 4.90 Å². The molecule has 0 saturated carbocycles. The van der Waals surface area contributed by atoms with E-state index in [1.807, 2.05) is 19.9 Å². The number of aldehydes is 1. The molecule has 0 amide bonds. The van der Waals surface area contributed by atoms with Gasteiger partial charge in [-0.25, -0.2) is 0 Å². The summed E-state index contributed by atoms with van der Waals surface area (Å²) in [5.74, 6) is -2.79. The van der Waals surface area contributed by atoms with Crippen molar-refractivity contribution in [2.75, 3.05) is 21.2 Å². The molecule has 0 aliphatic carbocycles. The van der Waals surface area contributed by atoms with E-state index in [0.717, 1.165) is 6.29 Å². The highest BCUT2D eigenvalue weighted by atomic mass is 16.7. The van der Waals surface area contributed by atoms with Crippen LogP contribution in [0.2, 0.25) is 0 Å². The topological polar surface area (TPSA) is 206 Å². The van der Waals surface area contributed by atoms with E-state index in [0.29, 0.717) is 12.8 Å². The van der Waals surface area contributed by atoms with Gasteiger partial charge >= 0.3 is 17.9 Å². The Morgan fingerprint density at radius 1 is 0.983 bits per heavy atom. The smallest absolute Gasteiger partial charge is 0.309 e. The maximum Gasteiger partial charge on any atom is 0.309 e. The quantitative estimate of drug-likeness (QED) is 0.139. The highest BCUT2D eigenvalue weighted by Gasteiger charge is 2.53. The third-order valence-corrected chi connectivity index (χ3v) is 11.1. The molecule has 16 nitrogen and oxygen atoms in total. The van der Waals surface area contributed by atoms with E-state index >= 15 is 0 Å². The van der Waals surface area contributed by atoms with E-state index < -0.39 is 121 Å². The largest absolute Gasteiger partial charge is 0.462 e. The second kappa shape index (κ2) is 23.3. The van der Waals surface area contributed by atoms with Crippen LogP contribution in [0.4, 0.5) is 0 Å². The number of likely N-dealkylation sites (N-methyl/N-ethyl adjacent to an activating group) is 1. The van der Waals surface area contributed by atoms with Crippen LogP contribution in [0.1, 0.15) is 99.8 Å². The lowest BCUT2D eigenvalue weighted by atomic mass is 9.82. The van der Waals surface area contributed by atoms with Crippen molar-refractivity contribution in [3.63, 3.8) is 0 Å². The molecule has 332 valence electrons. The first-order valence-corrected chi connectivity index (χ1v) is 20.6. The monoisotopic (exact) mass is 827 g/mol. The third kappa shape index (κ3) is 13.9. The van der Waals surface area contributed by atoms with Gasteiger partial charge in [0.15, 0.2) is 18.7 Å². The van der Waals surface area contributed by atoms with Crippen LogP contribution in [0.25, 0.3) is 0 Å². The highest BCUT2D eigenvalue weighted by molar-refractivity contribution is 5.72. The fourth-order valence-electron chi connectivity index (χ4n) is 8.00. The average molecular weight is 828 g/mol. The Balaban J connectivity index is 2.00. The SMILES string of the molecule is CCCC(=O)OC1C(C)OC(OC2C(C)OC(O[C@H]3[C@@H](CC=O)C[C@@H](C)[C@@H](O)/C=C/C=C/C[C@@H](C)OC(=O)C[C@@H](OC(=O)CC)[C@@H]3OC)C(O)C2N(C)C)CC1(C)O. The van der Waals surface area contributed by atoms with Gasteiger partial charge in [0.1, 0.15) is 42.4 Å². The molecule has 0 radical (unpaired) electrons. The predicted octanol–water partition coefficient (Wildman–Crippen LogP) is 3.16. The number of cyclic esters (lactones) is 1. The van der Waals surface area contributed by atoms with Gasteiger partial charge in [-0.05, 0) is 66.5 Å². The first kappa shape index (κ1) is 49.6. The number of methoxy groups -OCH3 is 1. The molecule has 0 aromatic heterocycles. The summed E-state index contributed by atoms with van der Waals surface area (Å²) in [6, 6.07) is -0.779. The van der Waals surface area contributed by atoms with Crippen LogP contribution in [0.15, 0.2) is 24.3 Å². The summed E-state index contributed by atoms with van der Waals surface area (Å²) in [6.45, 7) is 12.0. The number of hydrogen-bond acceptors (Lipinski definition) is 16. The van der Waals surface area contributed by atoms with Gasteiger partial charge in [-0.15, -0.1) is 0 Å². The van der Waals surface area contributed by atoms with Crippen molar-refractivity contribution >= 4 is 24.2 Å². The number of rotatable bonds is 13. The Morgan fingerprint density at radius 2 is 1.69 bits per heavy atom. The van der Waals surface area contributed by atoms with Gasteiger partial charge in [0, 0.05) is 39.2 Å². The molecule has 0 spiro atoms. The minimum absolute atomic E-state index is 0.000517. The van der Waals surface area contributed by atoms with E-state index in [1.165, 1.54) is 7.11 Å². The van der Waals surface area contributed by atoms with Crippen LogP contribution < -0.4 is 0 Å². The molecule has 0 bridgehead atoms. The lowest BCUT2D eigenvalue weighted by Gasteiger charge is -2.50. The molecule has 58 heavy (non-hydrogen) atoms. The zero-order valence-corrected chi connectivity index (χ0v) is 35.9. The molecule has 3 N–H and O–H groups in total. The molecule has 16 atom stereocenters. The fraction of sp³-hybridized carbons (Fsp3) is 0.810. The van der Waals surface area contributed by atoms with Crippen LogP contribution in [0.3, 0.4) is 0 Å². The normalized spacial score (nSPS) is 40.6. The van der Waals surface area contributed by atoms with Crippen molar-refractivity contribution in [2.24, 2.45) is 11.8 Å². The van der Waals surface area contributed by atoms with Gasteiger partial charge in [0.05, 0.1) is 36.9 Å². The summed E-state index contributed by atoms with van der Waals surface area (Å²) >= 11 is 0. The summed E-state index contributed by atoms with van der Waals surface area (Å²) < 4.78 is 48.7. The fourth-order valence-corrected chi connectivity index (χ4v) is 8.00. The second-order valence-corrected chi connectivity index (χ2v) is 16.3. The molecule has 3 heterocycles. The number of hydrogen-bond donors (Lipinski definition) is 3. The van der Waals surface area contributed by atoms with Crippen molar-refractivity contribution in [3.8, 4) is 0 Å². The number of carbonyl (C=O) groups excluding carboxylic acids is 4. The Bertz CT molecular complexity index is 1370. The summed E-state index contributed by atoms with van der Waals surface area (Å²) in [7, 11) is 4.87. The Hall–Kier alpha value is -2.80. The molecule has 2 saturated heterocycles. The lowest BCUT2D eigenvalue weighted by molar-refractivity contribution is -0.344. The molecule has 0 aromatic rings. The van der Waals surface area contributed by atoms with Gasteiger partial charge in [-0.2, -0.15) is 0 Å². The van der Waals surface area contributed by atoms with E-state index in [1.54, 1.807) is 71.8 Å². The van der Waals surface area contributed by atoms with Gasteiger partial charge in [0.25, 0.3) is 0 Å². The third-order valence-electron chi connectivity index (χ3n) is 11.1. The first-order chi connectivity index (χ1) is 27.4. The van der Waals surface area contributed by atoms with Crippen LogP contribution in [0, 0.1) is 11.8 Å². The highest BCUT2D eigenvalue weighted by Crippen LogP contribution is 2.38. The molecule has 0 aromatic carbocycles. The number of aliphatic hydroxyl groups excluding tert-OH is 2. The van der Waals surface area contributed by atoms with Crippen molar-refractivity contribution in [1.29, 1.82) is 0 Å². The second-order valence-electron chi connectivity index (χ2n) is 16.3. The van der Waals surface area contributed by atoms with Gasteiger partial charge in [-0.1, -0.05) is 45.1 Å². The zero-order valence-electron chi connectivity index (χ0n) is 35.9. The molecule has 3 rings (SSSR count). The van der Waals surface area contributed by atoms with Crippen LogP contribution >= 0.6 is 0 Å². The maximum absolute atomic E-state index is 13.3. The number of nitrogens with zero attached hydrogens (tertiary/aromatic N) is 1. The van der Waals surface area contributed by atoms with Crippen LogP contribution in [-0.4, -0.2) is 151 Å². The van der Waals surface area contributed by atoms with Crippen LogP contribution in [0.5, 0.6) is 0 Å². The maximum atomic E-state index is 13.3. The van der Waals surface area contributed by atoms with Gasteiger partial charge < -0.3 is 62.9 Å². The lowest BCUT2D eigenvalue weighted by Crippen LogP contribution is -2.66. The minimum Gasteiger partial charge on any atom is -0.462 e.